The molecule has 11 heteroatoms. The molecular weight excluding hydrogens is 474 g/mol. The van der Waals surface area contributed by atoms with E-state index >= 15 is 0 Å². The summed E-state index contributed by atoms with van der Waals surface area (Å²) < 4.78 is 28.5. The highest BCUT2D eigenvalue weighted by atomic mass is 32.2. The van der Waals surface area contributed by atoms with Crippen molar-refractivity contribution < 1.29 is 13.2 Å². The van der Waals surface area contributed by atoms with Gasteiger partial charge in [-0.25, -0.2) is 18.2 Å². The number of amides is 1. The summed E-state index contributed by atoms with van der Waals surface area (Å²) in [7, 11) is -4.03. The number of para-hydroxylation sites is 1. The first-order valence-electron chi connectivity index (χ1n) is 10.0. The molecule has 0 bridgehead atoms. The van der Waals surface area contributed by atoms with Crippen LogP contribution in [0.1, 0.15) is 10.4 Å². The predicted octanol–water partition coefficient (Wildman–Crippen LogP) is 4.03. The van der Waals surface area contributed by atoms with Gasteiger partial charge >= 0.3 is 5.69 Å². The van der Waals surface area contributed by atoms with Crippen LogP contribution in [-0.4, -0.2) is 29.3 Å². The summed E-state index contributed by atoms with van der Waals surface area (Å²) in [5.41, 5.74) is 2.11. The number of aromatic nitrogens is 3. The van der Waals surface area contributed by atoms with E-state index in [0.29, 0.717) is 16.7 Å². The molecule has 1 amide bonds. The third-order valence-electron chi connectivity index (χ3n) is 5.01. The second-order valence-electron chi connectivity index (χ2n) is 7.31. The predicted molar refractivity (Wildman–Crippen MR) is 132 cm³/mol. The number of fused-ring (bicyclic) bond motifs is 1. The van der Waals surface area contributed by atoms with Crippen LogP contribution in [0.25, 0.3) is 21.6 Å². The van der Waals surface area contributed by atoms with Crippen LogP contribution in [0.2, 0.25) is 0 Å². The van der Waals surface area contributed by atoms with E-state index in [1.54, 1.807) is 30.5 Å². The minimum Gasteiger partial charge on any atom is -0.322 e. The molecule has 5 rings (SSSR count). The van der Waals surface area contributed by atoms with E-state index in [-0.39, 0.29) is 16.1 Å². The summed E-state index contributed by atoms with van der Waals surface area (Å²) in [6, 6.07) is 17.8. The fourth-order valence-electron chi connectivity index (χ4n) is 3.45. The Labute approximate surface area is 197 Å². The number of carbonyl (C=O) groups excluding carboxylic acids is 1. The fraction of sp³-hybridized carbons (Fsp3) is 0. The molecule has 0 fully saturated rings. The molecule has 0 saturated heterocycles. The van der Waals surface area contributed by atoms with Crippen molar-refractivity contribution in [1.82, 2.24) is 15.0 Å². The van der Waals surface area contributed by atoms with Crippen molar-refractivity contribution in [3.05, 3.63) is 94.4 Å². The lowest BCUT2D eigenvalue weighted by atomic mass is 10.1. The number of sulfonamides is 1. The van der Waals surface area contributed by atoms with E-state index in [9.17, 15) is 18.0 Å². The number of anilines is 2. The van der Waals surface area contributed by atoms with Crippen molar-refractivity contribution >= 4 is 49.7 Å². The summed E-state index contributed by atoms with van der Waals surface area (Å²) in [5, 5.41) is 5.51. The Morgan fingerprint density at radius 3 is 2.59 bits per heavy atom. The number of H-pyrrole nitrogens is 2. The Morgan fingerprint density at radius 2 is 1.76 bits per heavy atom. The lowest BCUT2D eigenvalue weighted by molar-refractivity contribution is 0.102. The lowest BCUT2D eigenvalue weighted by Crippen LogP contribution is -2.18. The summed E-state index contributed by atoms with van der Waals surface area (Å²) in [6.45, 7) is 0. The van der Waals surface area contributed by atoms with Gasteiger partial charge in [0.15, 0.2) is 0 Å². The maximum atomic E-state index is 13.0. The zero-order valence-corrected chi connectivity index (χ0v) is 19.0. The van der Waals surface area contributed by atoms with Gasteiger partial charge in [-0.2, -0.15) is 0 Å². The minimum atomic E-state index is -4.03. The van der Waals surface area contributed by atoms with Crippen LogP contribution in [0.15, 0.2) is 88.0 Å². The molecule has 170 valence electrons. The number of carbonyl (C=O) groups is 1. The van der Waals surface area contributed by atoms with Crippen molar-refractivity contribution in [3.8, 4) is 10.6 Å². The highest BCUT2D eigenvalue weighted by molar-refractivity contribution is 7.92. The number of hydrogen-bond donors (Lipinski definition) is 4. The zero-order valence-electron chi connectivity index (χ0n) is 17.4. The lowest BCUT2D eigenvalue weighted by Gasteiger charge is -2.13. The van der Waals surface area contributed by atoms with Crippen molar-refractivity contribution in [1.29, 1.82) is 0 Å². The van der Waals surface area contributed by atoms with Crippen molar-refractivity contribution in [2.24, 2.45) is 0 Å². The molecule has 34 heavy (non-hydrogen) atoms. The van der Waals surface area contributed by atoms with Crippen LogP contribution in [0.5, 0.6) is 0 Å². The molecule has 5 aromatic rings. The molecule has 0 unspecified atom stereocenters. The van der Waals surface area contributed by atoms with Gasteiger partial charge in [0.25, 0.3) is 15.9 Å². The Kier molecular flexibility index (Phi) is 5.48. The summed E-state index contributed by atoms with van der Waals surface area (Å²) >= 11 is 1.49. The molecule has 4 N–H and O–H groups in total. The zero-order chi connectivity index (χ0) is 23.7. The maximum absolute atomic E-state index is 13.0. The first kappa shape index (κ1) is 21.6. The average Bonchev–Trinajstić information content (AvgIpc) is 3.48. The molecule has 9 nitrogen and oxygen atoms in total. The third-order valence-corrected chi connectivity index (χ3v) is 7.20. The quantitative estimate of drug-likeness (QED) is 0.284. The van der Waals surface area contributed by atoms with Gasteiger partial charge in [0.2, 0.25) is 0 Å². The normalized spacial score (nSPS) is 11.4. The fourth-order valence-corrected chi connectivity index (χ4v) is 5.19. The molecule has 0 atom stereocenters. The Balaban J connectivity index is 1.41. The SMILES string of the molecule is O=C(Nc1cccc(-c2nccs2)c1)c1ccccc1NS(=O)(=O)c1ccc2[nH]c(=O)[nH]c2c1. The van der Waals surface area contributed by atoms with E-state index in [4.69, 9.17) is 0 Å². The number of aromatic amines is 2. The van der Waals surface area contributed by atoms with Crippen LogP contribution in [0, 0.1) is 0 Å². The summed E-state index contributed by atoms with van der Waals surface area (Å²) in [4.78, 5) is 33.8. The van der Waals surface area contributed by atoms with Gasteiger partial charge in [-0.1, -0.05) is 24.3 Å². The average molecular weight is 492 g/mol. The topological polar surface area (TPSA) is 137 Å². The molecule has 0 spiro atoms. The number of nitrogens with one attached hydrogen (secondary N) is 4. The molecule has 0 radical (unpaired) electrons. The molecule has 0 aliphatic rings. The summed E-state index contributed by atoms with van der Waals surface area (Å²) in [6.07, 6.45) is 1.71. The van der Waals surface area contributed by atoms with Crippen LogP contribution in [0.3, 0.4) is 0 Å². The molecular formula is C23H17N5O4S2. The van der Waals surface area contributed by atoms with Gasteiger partial charge in [0.1, 0.15) is 5.01 Å². The molecule has 0 aliphatic carbocycles. The van der Waals surface area contributed by atoms with Crippen LogP contribution >= 0.6 is 11.3 Å². The Bertz CT molecular complexity index is 1670. The highest BCUT2D eigenvalue weighted by Crippen LogP contribution is 2.26. The number of nitrogens with zero attached hydrogens (tertiary/aromatic N) is 1. The summed E-state index contributed by atoms with van der Waals surface area (Å²) in [5.74, 6) is -0.472. The van der Waals surface area contributed by atoms with Gasteiger partial charge in [-0.05, 0) is 42.5 Å². The monoisotopic (exact) mass is 491 g/mol. The van der Waals surface area contributed by atoms with E-state index in [1.165, 1.54) is 41.7 Å². The first-order valence-corrected chi connectivity index (χ1v) is 12.4. The molecule has 3 aromatic carbocycles. The first-order chi connectivity index (χ1) is 16.4. The van der Waals surface area contributed by atoms with Gasteiger partial charge in [0, 0.05) is 22.8 Å². The minimum absolute atomic E-state index is 0.0541. The second-order valence-corrected chi connectivity index (χ2v) is 9.89. The highest BCUT2D eigenvalue weighted by Gasteiger charge is 2.20. The van der Waals surface area contributed by atoms with Crippen LogP contribution in [-0.2, 0) is 10.0 Å². The van der Waals surface area contributed by atoms with E-state index in [0.717, 1.165) is 10.6 Å². The van der Waals surface area contributed by atoms with Crippen molar-refractivity contribution in [3.63, 3.8) is 0 Å². The standard InChI is InChI=1S/C23H17N5O4S2/c29-21(25-15-5-3-4-14(12-15)22-24-10-11-33-22)17-6-1-2-7-18(17)28-34(31,32)16-8-9-19-20(13-16)27-23(30)26-19/h1-13,28H,(H,25,29)(H2,26,27,30). The van der Waals surface area contributed by atoms with E-state index < -0.39 is 21.6 Å². The van der Waals surface area contributed by atoms with E-state index in [1.807, 2.05) is 17.5 Å². The number of imidazole rings is 1. The smallest absolute Gasteiger partial charge is 0.322 e. The maximum Gasteiger partial charge on any atom is 0.323 e. The van der Waals surface area contributed by atoms with E-state index in [2.05, 4.69) is 25.0 Å². The van der Waals surface area contributed by atoms with Crippen LogP contribution in [0.4, 0.5) is 11.4 Å². The van der Waals surface area contributed by atoms with Crippen LogP contribution < -0.4 is 15.7 Å². The Hall–Kier alpha value is -4.22. The second kappa shape index (κ2) is 8.61. The van der Waals surface area contributed by atoms with Gasteiger partial charge < -0.3 is 15.3 Å². The number of benzene rings is 3. The third kappa shape index (κ3) is 4.34. The molecule has 0 aliphatic heterocycles. The molecule has 2 aromatic heterocycles. The van der Waals surface area contributed by atoms with Crippen molar-refractivity contribution in [2.75, 3.05) is 10.0 Å². The van der Waals surface area contributed by atoms with Gasteiger partial charge in [-0.3, -0.25) is 9.52 Å². The Morgan fingerprint density at radius 1 is 0.941 bits per heavy atom. The number of hydrogen-bond acceptors (Lipinski definition) is 6. The molecule has 2 heterocycles. The number of thiazole rings is 1. The van der Waals surface area contributed by atoms with Crippen molar-refractivity contribution in [2.45, 2.75) is 4.90 Å². The van der Waals surface area contributed by atoms with Gasteiger partial charge in [-0.15, -0.1) is 11.3 Å². The molecule has 0 saturated carbocycles. The number of rotatable bonds is 6. The van der Waals surface area contributed by atoms with Gasteiger partial charge in [0.05, 0.1) is 27.2 Å². The largest absolute Gasteiger partial charge is 0.323 e.